The molecule has 22 heteroatoms. The van der Waals surface area contributed by atoms with E-state index in [4.69, 9.17) is 86.2 Å². The molecule has 18 nitrogen and oxygen atoms in total. The molecule has 0 aromatic carbocycles. The van der Waals surface area contributed by atoms with Crippen LogP contribution in [0.25, 0.3) is 11.0 Å². The zero-order chi connectivity index (χ0) is 28.0. The number of nitrogens with zero attached hydrogens (tertiary/aromatic N) is 3. The van der Waals surface area contributed by atoms with E-state index in [0.29, 0.717) is 28.3 Å². The van der Waals surface area contributed by atoms with Gasteiger partial charge in [0.05, 0.1) is 16.5 Å². The zero-order valence-electron chi connectivity index (χ0n) is 17.3. The zero-order valence-corrected chi connectivity index (χ0v) is 20.8. The average Bonchev–Trinajstić information content (AvgIpc) is 3.09. The number of hydrogen-bond acceptors (Lipinski definition) is 8. The summed E-state index contributed by atoms with van der Waals surface area (Å²) >= 11 is 6.16. The summed E-state index contributed by atoms with van der Waals surface area (Å²) in [6.07, 6.45) is 7.59. The first-order valence-corrected chi connectivity index (χ1v) is 13.5. The molecule has 1 saturated heterocycles. The Kier molecular flexibility index (Phi) is 12.1. The first-order chi connectivity index (χ1) is 15.5. The number of hydrogen-bond donors (Lipinski definition) is 11. The van der Waals surface area contributed by atoms with Gasteiger partial charge in [-0.1, -0.05) is 17.5 Å². The highest BCUT2D eigenvalue weighted by Gasteiger charge is 2.44. The molecule has 3 heterocycles. The molecule has 0 amide bonds. The summed E-state index contributed by atoms with van der Waals surface area (Å²) in [6, 6.07) is 0. The Bertz CT molecular complexity index is 1110. The number of aliphatic hydroxyl groups excluding tert-OH is 1. The molecule has 0 bridgehead atoms. The molecule has 3 rings (SSSR count). The van der Waals surface area contributed by atoms with Crippen molar-refractivity contribution in [1.82, 2.24) is 14.5 Å². The lowest BCUT2D eigenvalue weighted by atomic mass is 10.0. The number of rotatable bonds is 1. The van der Waals surface area contributed by atoms with Crippen LogP contribution in [0.4, 0.5) is 5.82 Å². The second kappa shape index (κ2) is 12.7. The maximum atomic E-state index is 10.0. The van der Waals surface area contributed by atoms with Crippen molar-refractivity contribution in [3.8, 4) is 12.3 Å². The molecular weight excluding hydrogens is 565 g/mol. The van der Waals surface area contributed by atoms with Crippen LogP contribution in [0.15, 0.2) is 12.5 Å². The minimum atomic E-state index is -4.64. The Balaban J connectivity index is 0.000000635. The number of anilines is 1. The Labute approximate surface area is 201 Å². The number of ether oxygens (including phenoxy) is 1. The molecule has 12 N–H and O–H groups in total. The fraction of sp³-hybridized carbons (Fsp3) is 0.385. The number of nitrogen functional groups attached to an aromatic ring is 1. The smallest absolute Gasteiger partial charge is 0.389 e. The number of terminal acetylenes is 1. The summed E-state index contributed by atoms with van der Waals surface area (Å²) in [5.41, 5.74) is 5.34. The Morgan fingerprint density at radius 1 is 1.09 bits per heavy atom. The molecule has 0 radical (unpaired) electrons. The standard InChI is InChI=1S/C13H13ClN4O2.3H3O4P/c1-3-13(2)8(19)4-9(20-13)18-5-7(14)10-11(15)16-6-17-12(10)18;3*1-5(2,3)4/h1,5-6,8-9,19H,4H2,2H3,(H2,15,16,17);3*(H3,1,2,3,4)/t8-,9+,13+;;;/m0.../s1. The van der Waals surface area contributed by atoms with Gasteiger partial charge in [-0.2, -0.15) is 0 Å². The topological polar surface area (TPSA) is 319 Å². The van der Waals surface area contributed by atoms with Gasteiger partial charge in [0.25, 0.3) is 0 Å². The van der Waals surface area contributed by atoms with Crippen molar-refractivity contribution in [2.75, 3.05) is 5.73 Å². The fourth-order valence-corrected chi connectivity index (χ4v) is 2.69. The van der Waals surface area contributed by atoms with Crippen LogP contribution < -0.4 is 5.73 Å². The maximum Gasteiger partial charge on any atom is 0.466 e. The van der Waals surface area contributed by atoms with Gasteiger partial charge in [-0.3, -0.25) is 0 Å². The lowest BCUT2D eigenvalue weighted by Crippen LogP contribution is -2.33. The maximum absolute atomic E-state index is 10.0. The van der Waals surface area contributed by atoms with E-state index in [9.17, 15) is 5.11 Å². The molecule has 2 aromatic heterocycles. The van der Waals surface area contributed by atoms with Gasteiger partial charge in [0.15, 0.2) is 5.60 Å². The van der Waals surface area contributed by atoms with Crippen LogP contribution in [0.5, 0.6) is 0 Å². The van der Waals surface area contributed by atoms with Crippen LogP contribution in [0.1, 0.15) is 19.6 Å². The lowest BCUT2D eigenvalue weighted by Gasteiger charge is -2.21. The second-order valence-electron chi connectivity index (χ2n) is 6.46. The molecule has 0 unspecified atom stereocenters. The van der Waals surface area contributed by atoms with E-state index in [1.165, 1.54) is 6.33 Å². The Morgan fingerprint density at radius 3 is 1.89 bits per heavy atom. The van der Waals surface area contributed by atoms with E-state index in [2.05, 4.69) is 15.9 Å². The van der Waals surface area contributed by atoms with Gasteiger partial charge >= 0.3 is 23.5 Å². The van der Waals surface area contributed by atoms with Crippen LogP contribution in [0.2, 0.25) is 5.02 Å². The third-order valence-corrected chi connectivity index (χ3v) is 3.92. The fourth-order valence-electron chi connectivity index (χ4n) is 2.41. The van der Waals surface area contributed by atoms with Crippen molar-refractivity contribution >= 4 is 51.9 Å². The summed E-state index contributed by atoms with van der Waals surface area (Å²) in [7, 11) is -13.9. The first-order valence-electron chi connectivity index (χ1n) is 8.41. The normalized spacial score (nSPS) is 22.0. The van der Waals surface area contributed by atoms with Gasteiger partial charge in [-0.25, -0.2) is 23.7 Å². The van der Waals surface area contributed by atoms with Crippen molar-refractivity contribution in [1.29, 1.82) is 0 Å². The summed E-state index contributed by atoms with van der Waals surface area (Å²) in [5.74, 6) is 2.78. The predicted molar refractivity (Wildman–Crippen MR) is 118 cm³/mol. The minimum Gasteiger partial charge on any atom is -0.389 e. The highest BCUT2D eigenvalue weighted by atomic mass is 35.5. The van der Waals surface area contributed by atoms with Crippen molar-refractivity contribution in [3.63, 3.8) is 0 Å². The molecule has 200 valence electrons. The van der Waals surface area contributed by atoms with E-state index >= 15 is 0 Å². The van der Waals surface area contributed by atoms with Gasteiger partial charge in [0.1, 0.15) is 24.0 Å². The summed E-state index contributed by atoms with van der Waals surface area (Å²) in [4.78, 5) is 72.8. The lowest BCUT2D eigenvalue weighted by molar-refractivity contribution is -0.0511. The highest BCUT2D eigenvalue weighted by Crippen LogP contribution is 2.39. The van der Waals surface area contributed by atoms with Gasteiger partial charge < -0.3 is 64.2 Å². The number of nitrogens with two attached hydrogens (primary N) is 1. The van der Waals surface area contributed by atoms with Crippen LogP contribution in [0, 0.1) is 12.3 Å². The van der Waals surface area contributed by atoms with E-state index in [1.807, 2.05) is 0 Å². The number of fused-ring (bicyclic) bond motifs is 1. The monoisotopic (exact) mass is 586 g/mol. The van der Waals surface area contributed by atoms with Gasteiger partial charge in [-0.15, -0.1) is 6.42 Å². The highest BCUT2D eigenvalue weighted by molar-refractivity contribution is 7.45. The summed E-state index contributed by atoms with van der Waals surface area (Å²) < 4.78 is 34.1. The van der Waals surface area contributed by atoms with Gasteiger partial charge in [0, 0.05) is 12.6 Å². The number of aromatic nitrogens is 3. The van der Waals surface area contributed by atoms with Crippen molar-refractivity contribution in [3.05, 3.63) is 17.5 Å². The van der Waals surface area contributed by atoms with Crippen molar-refractivity contribution in [2.24, 2.45) is 0 Å². The van der Waals surface area contributed by atoms with E-state index in [1.54, 1.807) is 17.7 Å². The van der Waals surface area contributed by atoms with Crippen LogP contribution in [0.3, 0.4) is 0 Å². The Hall–Kier alpha value is -1.48. The molecule has 0 spiro atoms. The van der Waals surface area contributed by atoms with E-state index in [-0.39, 0.29) is 0 Å². The molecule has 0 aliphatic carbocycles. The molecule has 2 aromatic rings. The van der Waals surface area contributed by atoms with Crippen molar-refractivity contribution in [2.45, 2.75) is 31.3 Å². The van der Waals surface area contributed by atoms with Crippen LogP contribution >= 0.6 is 35.1 Å². The Morgan fingerprint density at radius 2 is 1.51 bits per heavy atom. The molecular formula is C13H22ClN4O14P3. The van der Waals surface area contributed by atoms with Crippen molar-refractivity contribution < 1.29 is 67.6 Å². The van der Waals surface area contributed by atoms with Gasteiger partial charge in [-0.05, 0) is 6.92 Å². The predicted octanol–water partition coefficient (Wildman–Crippen LogP) is -1.45. The SMILES string of the molecule is C#C[C@@]1(C)O[C@@H](n2cc(Cl)c3c(N)ncnc32)C[C@@H]1O.O=P(O)(O)O.O=P(O)(O)O.O=P(O)(O)O. The van der Waals surface area contributed by atoms with Crippen LogP contribution in [-0.2, 0) is 18.4 Å². The molecule has 3 atom stereocenters. The average molecular weight is 587 g/mol. The summed E-state index contributed by atoms with van der Waals surface area (Å²) in [6.45, 7) is 1.67. The van der Waals surface area contributed by atoms with E-state index < -0.39 is 41.4 Å². The molecule has 0 saturated carbocycles. The minimum absolute atomic E-state index is 0.303. The molecule has 1 aliphatic rings. The first kappa shape index (κ1) is 33.5. The van der Waals surface area contributed by atoms with E-state index in [0.717, 1.165) is 0 Å². The molecule has 1 aliphatic heterocycles. The molecule has 35 heavy (non-hydrogen) atoms. The largest absolute Gasteiger partial charge is 0.466 e. The second-order valence-corrected chi connectivity index (χ2v) is 9.94. The third-order valence-electron chi connectivity index (χ3n) is 3.63. The number of aliphatic hydroxyl groups is 1. The number of halogens is 1. The molecule has 1 fully saturated rings. The quantitative estimate of drug-likeness (QED) is 0.134. The van der Waals surface area contributed by atoms with Crippen LogP contribution in [-0.4, -0.2) is 75.4 Å². The third kappa shape index (κ3) is 14.0. The van der Waals surface area contributed by atoms with Gasteiger partial charge in [0.2, 0.25) is 0 Å². The number of phosphoric acid groups is 3. The summed E-state index contributed by atoms with van der Waals surface area (Å²) in [5, 5.41) is 11.0.